The second-order valence-electron chi connectivity index (χ2n) is 5.89. The van der Waals surface area contributed by atoms with E-state index in [0.29, 0.717) is 13.0 Å². The first kappa shape index (κ1) is 17.8. The molecule has 0 bridgehead atoms. The van der Waals surface area contributed by atoms with Crippen molar-refractivity contribution in [2.45, 2.75) is 23.1 Å². The zero-order chi connectivity index (χ0) is 18.0. The van der Waals surface area contributed by atoms with Gasteiger partial charge in [0.1, 0.15) is 0 Å². The lowest BCUT2D eigenvalue weighted by atomic mass is 10.1. The highest BCUT2D eigenvalue weighted by Crippen LogP contribution is 2.23. The molecule has 0 radical (unpaired) electrons. The maximum atomic E-state index is 12.8. The maximum Gasteiger partial charge on any atom is 0.259 e. The van der Waals surface area contributed by atoms with E-state index in [1.807, 2.05) is 25.1 Å². The van der Waals surface area contributed by atoms with Gasteiger partial charge in [0.05, 0.1) is 10.6 Å². The number of sulfonamides is 1. The molecule has 5 nitrogen and oxygen atoms in total. The Morgan fingerprint density at radius 1 is 1.04 bits per heavy atom. The third kappa shape index (κ3) is 3.84. The van der Waals surface area contributed by atoms with Crippen LogP contribution in [0.15, 0.2) is 64.4 Å². The van der Waals surface area contributed by atoms with Gasteiger partial charge in [0, 0.05) is 28.5 Å². The summed E-state index contributed by atoms with van der Waals surface area (Å²) in [5.74, 6) is 0. The molecule has 0 aromatic heterocycles. The zero-order valence-corrected chi connectivity index (χ0v) is 15.7. The van der Waals surface area contributed by atoms with Crippen LogP contribution in [0.2, 0.25) is 0 Å². The SMILES string of the molecule is Cc1ccc(S(=O)(=O)N2CCC=C(c3ccc(S(C)=O)cc3)N2)cc1. The maximum absolute atomic E-state index is 12.8. The number of aryl methyl sites for hydroxylation is 1. The molecular formula is C18H20N2O3S2. The van der Waals surface area contributed by atoms with Gasteiger partial charge in [0.15, 0.2) is 0 Å². The van der Waals surface area contributed by atoms with Gasteiger partial charge in [-0.15, -0.1) is 4.41 Å². The highest BCUT2D eigenvalue weighted by molar-refractivity contribution is 7.89. The number of nitrogens with one attached hydrogen (secondary N) is 1. The molecule has 25 heavy (non-hydrogen) atoms. The normalized spacial score (nSPS) is 16.8. The molecule has 1 unspecified atom stereocenters. The summed E-state index contributed by atoms with van der Waals surface area (Å²) in [6, 6.07) is 14.1. The smallest absolute Gasteiger partial charge is 0.259 e. The van der Waals surface area contributed by atoms with Gasteiger partial charge in [0.2, 0.25) is 0 Å². The largest absolute Gasteiger partial charge is 0.305 e. The summed E-state index contributed by atoms with van der Waals surface area (Å²) in [5.41, 5.74) is 5.61. The lowest BCUT2D eigenvalue weighted by molar-refractivity contribution is 0.363. The fourth-order valence-electron chi connectivity index (χ4n) is 2.59. The Kier molecular flexibility index (Phi) is 5.08. The quantitative estimate of drug-likeness (QED) is 0.891. The molecule has 0 saturated heterocycles. The lowest BCUT2D eigenvalue weighted by Gasteiger charge is -2.28. The summed E-state index contributed by atoms with van der Waals surface area (Å²) in [6.45, 7) is 2.29. The van der Waals surface area contributed by atoms with E-state index in [4.69, 9.17) is 0 Å². The van der Waals surface area contributed by atoms with Crippen molar-refractivity contribution in [1.29, 1.82) is 0 Å². The molecule has 0 spiro atoms. The first-order valence-corrected chi connectivity index (χ1v) is 10.9. The molecule has 1 atom stereocenters. The summed E-state index contributed by atoms with van der Waals surface area (Å²) < 4.78 is 38.4. The van der Waals surface area contributed by atoms with Crippen LogP contribution in [0.3, 0.4) is 0 Å². The Labute approximate surface area is 150 Å². The molecule has 0 fully saturated rings. The number of benzene rings is 2. The predicted molar refractivity (Wildman–Crippen MR) is 99.6 cm³/mol. The molecule has 2 aromatic carbocycles. The van der Waals surface area contributed by atoms with Crippen LogP contribution in [0.1, 0.15) is 17.5 Å². The van der Waals surface area contributed by atoms with Crippen molar-refractivity contribution in [1.82, 2.24) is 9.84 Å². The van der Waals surface area contributed by atoms with Crippen molar-refractivity contribution in [2.24, 2.45) is 0 Å². The lowest BCUT2D eigenvalue weighted by Crippen LogP contribution is -2.44. The molecule has 0 saturated carbocycles. The molecular weight excluding hydrogens is 356 g/mol. The van der Waals surface area contributed by atoms with E-state index in [-0.39, 0.29) is 4.90 Å². The zero-order valence-electron chi connectivity index (χ0n) is 14.1. The Balaban J connectivity index is 1.84. The molecule has 1 aliphatic rings. The second-order valence-corrected chi connectivity index (χ2v) is 9.13. The monoisotopic (exact) mass is 376 g/mol. The highest BCUT2D eigenvalue weighted by atomic mass is 32.2. The van der Waals surface area contributed by atoms with Gasteiger partial charge in [-0.3, -0.25) is 4.21 Å². The van der Waals surface area contributed by atoms with Crippen LogP contribution in [0.25, 0.3) is 5.70 Å². The Bertz CT molecular complexity index is 918. The molecule has 132 valence electrons. The Hall–Kier alpha value is -1.96. The van der Waals surface area contributed by atoms with Gasteiger partial charge in [0.25, 0.3) is 10.0 Å². The van der Waals surface area contributed by atoms with Crippen molar-refractivity contribution in [3.05, 3.63) is 65.7 Å². The van der Waals surface area contributed by atoms with E-state index in [2.05, 4.69) is 5.43 Å². The van der Waals surface area contributed by atoms with Crippen molar-refractivity contribution in [2.75, 3.05) is 12.8 Å². The van der Waals surface area contributed by atoms with Gasteiger partial charge >= 0.3 is 0 Å². The van der Waals surface area contributed by atoms with Gasteiger partial charge in [-0.2, -0.15) is 0 Å². The molecule has 0 amide bonds. The van der Waals surface area contributed by atoms with Gasteiger partial charge in [-0.1, -0.05) is 35.9 Å². The number of rotatable bonds is 4. The molecule has 3 rings (SSSR count). The molecule has 1 heterocycles. The van der Waals surface area contributed by atoms with E-state index in [1.165, 1.54) is 4.41 Å². The summed E-state index contributed by atoms with van der Waals surface area (Å²) in [7, 11) is -4.64. The van der Waals surface area contributed by atoms with E-state index in [0.717, 1.165) is 21.7 Å². The molecule has 1 N–H and O–H groups in total. The van der Waals surface area contributed by atoms with Crippen LogP contribution in [0.4, 0.5) is 0 Å². The van der Waals surface area contributed by atoms with Gasteiger partial charge < -0.3 is 5.43 Å². The fraction of sp³-hybridized carbons (Fsp3) is 0.222. The summed E-state index contributed by atoms with van der Waals surface area (Å²) in [4.78, 5) is 1.01. The minimum Gasteiger partial charge on any atom is -0.305 e. The molecule has 2 aromatic rings. The predicted octanol–water partition coefficient (Wildman–Crippen LogP) is 2.67. The van der Waals surface area contributed by atoms with Crippen LogP contribution in [0, 0.1) is 6.92 Å². The topological polar surface area (TPSA) is 66.5 Å². The first-order valence-electron chi connectivity index (χ1n) is 7.88. The molecule has 7 heteroatoms. The summed E-state index contributed by atoms with van der Waals surface area (Å²) in [6.07, 6.45) is 4.22. The minimum absolute atomic E-state index is 0.267. The average molecular weight is 377 g/mol. The number of hydrogen-bond donors (Lipinski definition) is 1. The number of nitrogens with zero attached hydrogens (tertiary/aromatic N) is 1. The van der Waals surface area contributed by atoms with Crippen LogP contribution in [0.5, 0.6) is 0 Å². The second kappa shape index (κ2) is 7.11. The summed E-state index contributed by atoms with van der Waals surface area (Å²) in [5, 5.41) is 0. The number of hydrogen-bond acceptors (Lipinski definition) is 4. The minimum atomic E-state index is -3.61. The van der Waals surface area contributed by atoms with E-state index >= 15 is 0 Å². The van der Waals surface area contributed by atoms with Crippen LogP contribution < -0.4 is 5.43 Å². The summed E-state index contributed by atoms with van der Waals surface area (Å²) >= 11 is 0. The van der Waals surface area contributed by atoms with Crippen molar-refractivity contribution >= 4 is 26.5 Å². The molecule has 1 aliphatic heterocycles. The van der Waals surface area contributed by atoms with Gasteiger partial charge in [-0.05, 0) is 43.2 Å². The van der Waals surface area contributed by atoms with Gasteiger partial charge in [-0.25, -0.2) is 8.42 Å². The van der Waals surface area contributed by atoms with E-state index in [9.17, 15) is 12.6 Å². The third-order valence-electron chi connectivity index (χ3n) is 4.03. The van der Waals surface area contributed by atoms with Crippen molar-refractivity contribution in [3.8, 4) is 0 Å². The fourth-order valence-corrected chi connectivity index (χ4v) is 4.41. The average Bonchev–Trinajstić information content (AvgIpc) is 2.62. The number of hydrazine groups is 1. The Morgan fingerprint density at radius 2 is 1.68 bits per heavy atom. The standard InChI is InChI=1S/C18H20N2O3S2/c1-14-5-11-17(12-6-14)25(22,23)20-13-3-4-18(19-20)15-7-9-16(10-8-15)24(2)21/h4-12,19H,3,13H2,1-2H3. The first-order chi connectivity index (χ1) is 11.9. The highest BCUT2D eigenvalue weighted by Gasteiger charge is 2.27. The Morgan fingerprint density at radius 3 is 2.28 bits per heavy atom. The van der Waals surface area contributed by atoms with Crippen molar-refractivity contribution < 1.29 is 12.6 Å². The third-order valence-corrected chi connectivity index (χ3v) is 6.69. The van der Waals surface area contributed by atoms with Crippen molar-refractivity contribution in [3.63, 3.8) is 0 Å². The van der Waals surface area contributed by atoms with E-state index in [1.54, 1.807) is 42.7 Å². The van der Waals surface area contributed by atoms with Crippen LogP contribution >= 0.6 is 0 Å². The van der Waals surface area contributed by atoms with Crippen LogP contribution in [-0.4, -0.2) is 29.8 Å². The van der Waals surface area contributed by atoms with E-state index < -0.39 is 20.8 Å². The molecule has 0 aliphatic carbocycles. The van der Waals surface area contributed by atoms with Crippen LogP contribution in [-0.2, 0) is 20.8 Å².